The van der Waals surface area contributed by atoms with Gasteiger partial charge in [0, 0.05) is 15.6 Å². The van der Waals surface area contributed by atoms with E-state index in [1.165, 1.54) is 0 Å². The molecular weight excluding hydrogens is 319 g/mol. The zero-order valence-corrected chi connectivity index (χ0v) is 11.9. The van der Waals surface area contributed by atoms with E-state index in [1.54, 1.807) is 0 Å². The van der Waals surface area contributed by atoms with Crippen LogP contribution in [0.25, 0.3) is 5.57 Å². The van der Waals surface area contributed by atoms with Crippen LogP contribution in [0.4, 0.5) is 0 Å². The first-order valence-corrected chi connectivity index (χ1v) is 6.71. The summed E-state index contributed by atoms with van der Waals surface area (Å²) in [5.74, 6) is 0. The topological polar surface area (TPSA) is 0 Å². The van der Waals surface area contributed by atoms with Crippen LogP contribution in [0.2, 0.25) is 10.0 Å². The molecule has 0 fully saturated rings. The molecule has 0 aromatic heterocycles. The third-order valence-electron chi connectivity index (χ3n) is 2.43. The van der Waals surface area contributed by atoms with Gasteiger partial charge in [-0.25, -0.2) is 0 Å². The minimum Gasteiger partial charge on any atom is -0.0843 e. The first-order chi connectivity index (χ1) is 8.22. The van der Waals surface area contributed by atoms with Gasteiger partial charge in [-0.2, -0.15) is 0 Å². The van der Waals surface area contributed by atoms with Crippen LogP contribution < -0.4 is 0 Å². The molecule has 2 aromatic rings. The molecule has 17 heavy (non-hydrogen) atoms. The molecule has 0 aliphatic rings. The maximum atomic E-state index is 6.19. The fraction of sp³-hybridized carbons (Fsp3) is 0. The van der Waals surface area contributed by atoms with Crippen LogP contribution in [0.1, 0.15) is 11.1 Å². The SMILES string of the molecule is Clc1ccc(/C(=C\Br)c2ccccc2Cl)cc1. The van der Waals surface area contributed by atoms with Crippen molar-refractivity contribution in [1.82, 2.24) is 0 Å². The molecule has 0 N–H and O–H groups in total. The second-order valence-corrected chi connectivity index (χ2v) is 4.81. The maximum absolute atomic E-state index is 6.19. The monoisotopic (exact) mass is 326 g/mol. The molecule has 0 atom stereocenters. The molecule has 0 nitrogen and oxygen atoms in total. The molecule has 0 saturated heterocycles. The van der Waals surface area contributed by atoms with Crippen molar-refractivity contribution in [1.29, 1.82) is 0 Å². The van der Waals surface area contributed by atoms with Crippen LogP contribution in [0.5, 0.6) is 0 Å². The van der Waals surface area contributed by atoms with Crippen LogP contribution >= 0.6 is 39.1 Å². The van der Waals surface area contributed by atoms with Gasteiger partial charge in [0.25, 0.3) is 0 Å². The van der Waals surface area contributed by atoms with Crippen LogP contribution in [-0.2, 0) is 0 Å². The molecule has 0 heterocycles. The number of halogens is 3. The van der Waals surface area contributed by atoms with Crippen molar-refractivity contribution in [3.8, 4) is 0 Å². The van der Waals surface area contributed by atoms with Crippen LogP contribution in [-0.4, -0.2) is 0 Å². The molecular formula is C14H9BrCl2. The predicted molar refractivity (Wildman–Crippen MR) is 78.9 cm³/mol. The number of hydrogen-bond acceptors (Lipinski definition) is 0. The zero-order chi connectivity index (χ0) is 12.3. The Morgan fingerprint density at radius 2 is 1.59 bits per heavy atom. The lowest BCUT2D eigenvalue weighted by molar-refractivity contribution is 1.55. The van der Waals surface area contributed by atoms with Crippen molar-refractivity contribution in [2.75, 3.05) is 0 Å². The summed E-state index contributed by atoms with van der Waals surface area (Å²) >= 11 is 15.5. The smallest absolute Gasteiger partial charge is 0.0484 e. The van der Waals surface area contributed by atoms with E-state index in [-0.39, 0.29) is 0 Å². The molecule has 0 unspecified atom stereocenters. The highest BCUT2D eigenvalue weighted by atomic mass is 79.9. The lowest BCUT2D eigenvalue weighted by Crippen LogP contribution is -1.87. The van der Waals surface area contributed by atoms with Gasteiger partial charge in [0.1, 0.15) is 0 Å². The lowest BCUT2D eigenvalue weighted by atomic mass is 10.00. The van der Waals surface area contributed by atoms with E-state index in [0.29, 0.717) is 0 Å². The summed E-state index contributed by atoms with van der Waals surface area (Å²) in [5.41, 5.74) is 3.10. The Balaban J connectivity index is 2.49. The molecule has 2 rings (SSSR count). The summed E-state index contributed by atoms with van der Waals surface area (Å²) in [7, 11) is 0. The van der Waals surface area contributed by atoms with Crippen LogP contribution in [0, 0.1) is 0 Å². The Hall–Kier alpha value is -0.760. The lowest BCUT2D eigenvalue weighted by Gasteiger charge is -2.09. The Labute approximate surface area is 119 Å². The first kappa shape index (κ1) is 12.7. The summed E-state index contributed by atoms with van der Waals surface area (Å²) in [5, 5.41) is 1.45. The largest absolute Gasteiger partial charge is 0.0843 e. The van der Waals surface area contributed by atoms with Gasteiger partial charge in [0.05, 0.1) is 0 Å². The van der Waals surface area contributed by atoms with Crippen molar-refractivity contribution in [3.63, 3.8) is 0 Å². The fourth-order valence-corrected chi connectivity index (χ4v) is 2.46. The van der Waals surface area contributed by atoms with E-state index in [4.69, 9.17) is 23.2 Å². The minimum atomic E-state index is 0.724. The molecule has 0 amide bonds. The van der Waals surface area contributed by atoms with Gasteiger partial charge < -0.3 is 0 Å². The zero-order valence-electron chi connectivity index (χ0n) is 8.83. The molecule has 0 saturated carbocycles. The Kier molecular flexibility index (Phi) is 4.27. The van der Waals surface area contributed by atoms with Crippen molar-refractivity contribution in [3.05, 3.63) is 74.7 Å². The highest BCUT2D eigenvalue weighted by Gasteiger charge is 2.07. The molecule has 0 spiro atoms. The Morgan fingerprint density at radius 3 is 2.18 bits per heavy atom. The van der Waals surface area contributed by atoms with Crippen molar-refractivity contribution in [2.45, 2.75) is 0 Å². The van der Waals surface area contributed by atoms with E-state index in [9.17, 15) is 0 Å². The molecule has 0 radical (unpaired) electrons. The highest BCUT2D eigenvalue weighted by Crippen LogP contribution is 2.30. The average molecular weight is 328 g/mol. The van der Waals surface area contributed by atoms with Gasteiger partial charge in [0.15, 0.2) is 0 Å². The first-order valence-electron chi connectivity index (χ1n) is 5.03. The summed E-state index contributed by atoms with van der Waals surface area (Å²) < 4.78 is 0. The van der Waals surface area contributed by atoms with Crippen molar-refractivity contribution in [2.24, 2.45) is 0 Å². The Bertz CT molecular complexity index is 544. The van der Waals surface area contributed by atoms with Crippen molar-refractivity contribution >= 4 is 44.7 Å². The van der Waals surface area contributed by atoms with E-state index < -0.39 is 0 Å². The van der Waals surface area contributed by atoms with Crippen LogP contribution in [0.3, 0.4) is 0 Å². The normalized spacial score (nSPS) is 11.6. The summed E-state index contributed by atoms with van der Waals surface area (Å²) in [6.07, 6.45) is 0. The van der Waals surface area contributed by atoms with Gasteiger partial charge in [-0.15, -0.1) is 0 Å². The molecule has 3 heteroatoms. The second-order valence-electron chi connectivity index (χ2n) is 3.51. The molecule has 0 aliphatic heterocycles. The standard InChI is InChI=1S/C14H9BrCl2/c15-9-13(10-5-7-11(16)8-6-10)12-3-1-2-4-14(12)17/h1-9H/b13-9+. The molecule has 2 aromatic carbocycles. The van der Waals surface area contributed by atoms with Gasteiger partial charge in [0.2, 0.25) is 0 Å². The molecule has 0 aliphatic carbocycles. The van der Waals surface area contributed by atoms with E-state index in [2.05, 4.69) is 15.9 Å². The van der Waals surface area contributed by atoms with Gasteiger partial charge >= 0.3 is 0 Å². The molecule has 86 valence electrons. The average Bonchev–Trinajstić information content (AvgIpc) is 2.35. The fourth-order valence-electron chi connectivity index (χ4n) is 1.59. The number of hydrogen-bond donors (Lipinski definition) is 0. The van der Waals surface area contributed by atoms with Crippen LogP contribution in [0.15, 0.2) is 53.5 Å². The third kappa shape index (κ3) is 2.92. The van der Waals surface area contributed by atoms with Crippen molar-refractivity contribution < 1.29 is 0 Å². The van der Waals surface area contributed by atoms with E-state index in [0.717, 1.165) is 26.7 Å². The summed E-state index contributed by atoms with van der Waals surface area (Å²) in [6, 6.07) is 15.4. The summed E-state index contributed by atoms with van der Waals surface area (Å²) in [4.78, 5) is 1.87. The van der Waals surface area contributed by atoms with E-state index in [1.807, 2.05) is 53.5 Å². The number of rotatable bonds is 2. The minimum absolute atomic E-state index is 0.724. The van der Waals surface area contributed by atoms with Gasteiger partial charge in [-0.3, -0.25) is 0 Å². The van der Waals surface area contributed by atoms with Gasteiger partial charge in [-0.1, -0.05) is 69.5 Å². The predicted octanol–water partition coefficient (Wildman–Crippen LogP) is 5.78. The maximum Gasteiger partial charge on any atom is 0.0484 e. The third-order valence-corrected chi connectivity index (χ3v) is 3.47. The van der Waals surface area contributed by atoms with Gasteiger partial charge in [-0.05, 0) is 34.3 Å². The van der Waals surface area contributed by atoms with E-state index >= 15 is 0 Å². The highest BCUT2D eigenvalue weighted by molar-refractivity contribution is 9.11. The second kappa shape index (κ2) is 5.72. The quantitative estimate of drug-likeness (QED) is 0.656. The summed E-state index contributed by atoms with van der Waals surface area (Å²) in [6.45, 7) is 0. The Morgan fingerprint density at radius 1 is 0.941 bits per heavy atom. The molecule has 0 bridgehead atoms. The number of benzene rings is 2.